The Bertz CT molecular complexity index is 283. The number of carbonyl (C=O) groups excluding carboxylic acids is 1. The maximum absolute atomic E-state index is 11.5. The second-order valence-corrected chi connectivity index (χ2v) is 3.27. The molecule has 3 nitrogen and oxygen atoms in total. The molecule has 0 unspecified atom stereocenters. The summed E-state index contributed by atoms with van der Waals surface area (Å²) in [4.78, 5) is 11.5. The number of aliphatic hydroxyl groups excluding tert-OH is 1. The fourth-order valence-corrected chi connectivity index (χ4v) is 1.12. The number of carbonyl (C=O) groups is 1. The van der Waals surface area contributed by atoms with Crippen LogP contribution >= 0.6 is 0 Å². The van der Waals surface area contributed by atoms with Crippen LogP contribution in [0.1, 0.15) is 17.3 Å². The second-order valence-electron chi connectivity index (χ2n) is 3.27. The lowest BCUT2D eigenvalue weighted by molar-refractivity contribution is 0.0985. The van der Waals surface area contributed by atoms with E-state index in [0.29, 0.717) is 12.1 Å². The van der Waals surface area contributed by atoms with Gasteiger partial charge in [-0.1, -0.05) is 30.3 Å². The van der Waals surface area contributed by atoms with Gasteiger partial charge in [-0.3, -0.25) is 4.79 Å². The fourth-order valence-electron chi connectivity index (χ4n) is 1.12. The van der Waals surface area contributed by atoms with Gasteiger partial charge in [-0.05, 0) is 6.92 Å². The Morgan fingerprint density at radius 1 is 1.43 bits per heavy atom. The van der Waals surface area contributed by atoms with Crippen molar-refractivity contribution in [1.82, 2.24) is 5.32 Å². The molecular formula is C11H15NO2. The van der Waals surface area contributed by atoms with Gasteiger partial charge >= 0.3 is 0 Å². The third kappa shape index (κ3) is 3.68. The van der Waals surface area contributed by atoms with Crippen LogP contribution in [0.3, 0.4) is 0 Å². The molecule has 0 saturated carbocycles. The minimum atomic E-state index is -0.418. The molecule has 0 bridgehead atoms. The van der Waals surface area contributed by atoms with E-state index >= 15 is 0 Å². The molecule has 0 spiro atoms. The second kappa shape index (κ2) is 5.52. The van der Waals surface area contributed by atoms with Crippen LogP contribution in [-0.2, 0) is 0 Å². The maximum atomic E-state index is 11.5. The lowest BCUT2D eigenvalue weighted by Gasteiger charge is -2.05. The minimum Gasteiger partial charge on any atom is -0.392 e. The molecular weight excluding hydrogens is 178 g/mol. The first kappa shape index (κ1) is 10.9. The number of benzene rings is 1. The minimum absolute atomic E-state index is 0.0475. The summed E-state index contributed by atoms with van der Waals surface area (Å²) >= 11 is 0. The van der Waals surface area contributed by atoms with Crippen LogP contribution in [0, 0.1) is 0 Å². The van der Waals surface area contributed by atoms with E-state index in [2.05, 4.69) is 5.32 Å². The van der Waals surface area contributed by atoms with Crippen molar-refractivity contribution in [3.63, 3.8) is 0 Å². The molecule has 0 aromatic heterocycles. The van der Waals surface area contributed by atoms with Gasteiger partial charge in [0.25, 0.3) is 0 Å². The first-order valence-electron chi connectivity index (χ1n) is 4.67. The number of Topliss-reactive ketones (excluding diaryl/α,β-unsaturated/α-hetero) is 1. The Labute approximate surface area is 83.8 Å². The first-order chi connectivity index (χ1) is 6.70. The molecule has 14 heavy (non-hydrogen) atoms. The van der Waals surface area contributed by atoms with Crippen LogP contribution in [0.15, 0.2) is 30.3 Å². The summed E-state index contributed by atoms with van der Waals surface area (Å²) in [6.07, 6.45) is -0.418. The van der Waals surface area contributed by atoms with E-state index in [4.69, 9.17) is 5.11 Å². The molecule has 0 radical (unpaired) electrons. The Morgan fingerprint density at radius 3 is 2.64 bits per heavy atom. The topological polar surface area (TPSA) is 49.3 Å². The van der Waals surface area contributed by atoms with Crippen LogP contribution in [0.25, 0.3) is 0 Å². The highest BCUT2D eigenvalue weighted by atomic mass is 16.3. The number of aliphatic hydroxyl groups is 1. The highest BCUT2D eigenvalue weighted by molar-refractivity contribution is 5.97. The number of hydrogen-bond donors (Lipinski definition) is 2. The van der Waals surface area contributed by atoms with Gasteiger partial charge in [0.05, 0.1) is 12.6 Å². The van der Waals surface area contributed by atoms with E-state index in [1.807, 2.05) is 18.2 Å². The van der Waals surface area contributed by atoms with Gasteiger partial charge in [-0.2, -0.15) is 0 Å². The molecule has 0 heterocycles. The van der Waals surface area contributed by atoms with Crippen molar-refractivity contribution in [1.29, 1.82) is 0 Å². The van der Waals surface area contributed by atoms with E-state index in [9.17, 15) is 4.79 Å². The molecule has 3 heteroatoms. The van der Waals surface area contributed by atoms with Crippen molar-refractivity contribution in [3.8, 4) is 0 Å². The van der Waals surface area contributed by atoms with Crippen LogP contribution in [-0.4, -0.2) is 30.1 Å². The summed E-state index contributed by atoms with van der Waals surface area (Å²) in [5, 5.41) is 11.8. The van der Waals surface area contributed by atoms with Gasteiger partial charge in [0.15, 0.2) is 5.78 Å². The quantitative estimate of drug-likeness (QED) is 0.681. The lowest BCUT2D eigenvalue weighted by Crippen LogP contribution is -2.29. The zero-order chi connectivity index (χ0) is 10.4. The molecule has 1 aromatic rings. The number of hydrogen-bond acceptors (Lipinski definition) is 3. The van der Waals surface area contributed by atoms with Gasteiger partial charge < -0.3 is 10.4 Å². The Kier molecular flexibility index (Phi) is 4.29. The third-order valence-electron chi connectivity index (χ3n) is 1.82. The summed E-state index contributed by atoms with van der Waals surface area (Å²) < 4.78 is 0. The standard InChI is InChI=1S/C11H15NO2/c1-9(13)7-12-8-11(14)10-5-3-2-4-6-10/h2-6,9,12-13H,7-8H2,1H3/t9-/m0/s1. The van der Waals surface area contributed by atoms with Gasteiger partial charge in [-0.25, -0.2) is 0 Å². The van der Waals surface area contributed by atoms with Crippen molar-refractivity contribution in [2.75, 3.05) is 13.1 Å². The molecule has 0 aliphatic carbocycles. The van der Waals surface area contributed by atoms with Crippen LogP contribution in [0.2, 0.25) is 0 Å². The summed E-state index contributed by atoms with van der Waals surface area (Å²) in [5.41, 5.74) is 0.700. The zero-order valence-corrected chi connectivity index (χ0v) is 8.23. The molecule has 0 aliphatic rings. The molecule has 2 N–H and O–H groups in total. The van der Waals surface area contributed by atoms with Gasteiger partial charge in [0, 0.05) is 12.1 Å². The third-order valence-corrected chi connectivity index (χ3v) is 1.82. The van der Waals surface area contributed by atoms with E-state index in [1.165, 1.54) is 0 Å². The lowest BCUT2D eigenvalue weighted by atomic mass is 10.1. The Balaban J connectivity index is 2.36. The summed E-state index contributed by atoms with van der Waals surface area (Å²) in [7, 11) is 0. The SMILES string of the molecule is C[C@H](O)CNCC(=O)c1ccccc1. The zero-order valence-electron chi connectivity index (χ0n) is 8.23. The first-order valence-corrected chi connectivity index (χ1v) is 4.67. The van der Waals surface area contributed by atoms with Crippen molar-refractivity contribution in [2.24, 2.45) is 0 Å². The Morgan fingerprint density at radius 2 is 2.07 bits per heavy atom. The molecule has 0 amide bonds. The maximum Gasteiger partial charge on any atom is 0.176 e. The predicted octanol–water partition coefficient (Wildman–Crippen LogP) is 0.840. The molecule has 0 aliphatic heterocycles. The van der Waals surface area contributed by atoms with E-state index < -0.39 is 6.10 Å². The van der Waals surface area contributed by atoms with Gasteiger partial charge in [0.2, 0.25) is 0 Å². The van der Waals surface area contributed by atoms with Gasteiger partial charge in [-0.15, -0.1) is 0 Å². The summed E-state index contributed by atoms with van der Waals surface area (Å²) in [5.74, 6) is 0.0475. The molecule has 0 fully saturated rings. The normalized spacial score (nSPS) is 12.4. The average Bonchev–Trinajstić information content (AvgIpc) is 2.18. The average molecular weight is 193 g/mol. The Hall–Kier alpha value is -1.19. The van der Waals surface area contributed by atoms with Crippen molar-refractivity contribution in [2.45, 2.75) is 13.0 Å². The van der Waals surface area contributed by atoms with Gasteiger partial charge in [0.1, 0.15) is 0 Å². The predicted molar refractivity (Wildman–Crippen MR) is 55.3 cm³/mol. The van der Waals surface area contributed by atoms with Crippen molar-refractivity contribution >= 4 is 5.78 Å². The number of ketones is 1. The smallest absolute Gasteiger partial charge is 0.176 e. The van der Waals surface area contributed by atoms with E-state index in [1.54, 1.807) is 19.1 Å². The number of rotatable bonds is 5. The molecule has 76 valence electrons. The van der Waals surface area contributed by atoms with Crippen LogP contribution in [0.5, 0.6) is 0 Å². The van der Waals surface area contributed by atoms with Crippen LogP contribution in [0.4, 0.5) is 0 Å². The molecule has 1 rings (SSSR count). The van der Waals surface area contributed by atoms with E-state index in [-0.39, 0.29) is 12.3 Å². The molecule has 0 saturated heterocycles. The number of nitrogens with one attached hydrogen (secondary N) is 1. The fraction of sp³-hybridized carbons (Fsp3) is 0.364. The monoisotopic (exact) mass is 193 g/mol. The molecule has 1 aromatic carbocycles. The van der Waals surface area contributed by atoms with Crippen molar-refractivity contribution in [3.05, 3.63) is 35.9 Å². The summed E-state index contributed by atoms with van der Waals surface area (Å²) in [6.45, 7) is 2.40. The van der Waals surface area contributed by atoms with Crippen LogP contribution < -0.4 is 5.32 Å². The highest BCUT2D eigenvalue weighted by Gasteiger charge is 2.04. The summed E-state index contributed by atoms with van der Waals surface area (Å²) in [6, 6.07) is 9.11. The highest BCUT2D eigenvalue weighted by Crippen LogP contribution is 1.98. The van der Waals surface area contributed by atoms with Crippen molar-refractivity contribution < 1.29 is 9.90 Å². The largest absolute Gasteiger partial charge is 0.392 e. The van der Waals surface area contributed by atoms with E-state index in [0.717, 1.165) is 0 Å². The molecule has 1 atom stereocenters.